The van der Waals surface area contributed by atoms with E-state index in [9.17, 15) is 24.8 Å². The molecule has 2 aromatic carbocycles. The first-order valence-electron chi connectivity index (χ1n) is 6.83. The quantitative estimate of drug-likeness (QED) is 0.510. The number of nitrogens with one attached hydrogen (secondary N) is 1. The van der Waals surface area contributed by atoms with E-state index in [0.29, 0.717) is 11.3 Å². The minimum Gasteiger partial charge on any atom is -0.375 e. The van der Waals surface area contributed by atoms with Gasteiger partial charge in [0.15, 0.2) is 11.4 Å². The number of nitro benzene ring substituents is 1. The zero-order chi connectivity index (χ0) is 16.6. The minimum atomic E-state index is -1.97. The number of hydrogen-bond acceptors (Lipinski definition) is 5. The average Bonchev–Trinajstić information content (AvgIpc) is 2.79. The van der Waals surface area contributed by atoms with Crippen LogP contribution in [0.5, 0.6) is 0 Å². The van der Waals surface area contributed by atoms with Crippen molar-refractivity contribution in [3.8, 4) is 0 Å². The highest BCUT2D eigenvalue weighted by Gasteiger charge is 2.46. The molecule has 0 saturated heterocycles. The molecular weight excluding hydrogens is 300 g/mol. The van der Waals surface area contributed by atoms with Gasteiger partial charge in [0.05, 0.1) is 11.3 Å². The topological polar surface area (TPSA) is 110 Å². The summed E-state index contributed by atoms with van der Waals surface area (Å²) in [4.78, 5) is 34.6. The number of anilines is 1. The molecule has 2 N–H and O–H groups in total. The van der Waals surface area contributed by atoms with E-state index in [-0.39, 0.29) is 11.3 Å². The molecule has 116 valence electrons. The Labute approximate surface area is 130 Å². The molecule has 0 radical (unpaired) electrons. The van der Waals surface area contributed by atoms with Crippen molar-refractivity contribution in [2.75, 3.05) is 5.32 Å². The summed E-state index contributed by atoms with van der Waals surface area (Å²) >= 11 is 0. The fourth-order valence-electron chi connectivity index (χ4n) is 2.60. The maximum atomic E-state index is 12.4. The van der Waals surface area contributed by atoms with Crippen LogP contribution < -0.4 is 5.32 Å². The van der Waals surface area contributed by atoms with E-state index < -0.39 is 28.6 Å². The van der Waals surface area contributed by atoms with Gasteiger partial charge in [0.2, 0.25) is 0 Å². The molecule has 0 bridgehead atoms. The number of carbonyl (C=O) groups excluding carboxylic acids is 2. The number of amides is 1. The van der Waals surface area contributed by atoms with Crippen molar-refractivity contribution in [3.63, 3.8) is 0 Å². The highest BCUT2D eigenvalue weighted by Crippen LogP contribution is 2.38. The highest BCUT2D eigenvalue weighted by atomic mass is 16.6. The molecule has 1 heterocycles. The number of aliphatic hydroxyl groups is 1. The lowest BCUT2D eigenvalue weighted by molar-refractivity contribution is -0.384. The summed E-state index contributed by atoms with van der Waals surface area (Å²) in [6.45, 7) is 0. The van der Waals surface area contributed by atoms with Crippen LogP contribution in [0.3, 0.4) is 0 Å². The van der Waals surface area contributed by atoms with E-state index in [1.165, 1.54) is 18.2 Å². The second kappa shape index (κ2) is 5.29. The number of non-ortho nitro benzene ring substituents is 1. The lowest BCUT2D eigenvalue weighted by Crippen LogP contribution is -2.36. The average molecular weight is 312 g/mol. The third-order valence-corrected chi connectivity index (χ3v) is 3.79. The van der Waals surface area contributed by atoms with E-state index in [0.717, 1.165) is 6.07 Å². The Balaban J connectivity index is 1.92. The van der Waals surface area contributed by atoms with Crippen LogP contribution in [0.15, 0.2) is 48.5 Å². The van der Waals surface area contributed by atoms with Crippen LogP contribution in [0.4, 0.5) is 11.4 Å². The van der Waals surface area contributed by atoms with Gasteiger partial charge >= 0.3 is 0 Å². The van der Waals surface area contributed by atoms with Gasteiger partial charge in [-0.15, -0.1) is 0 Å². The molecular formula is C16H12N2O5. The van der Waals surface area contributed by atoms with Gasteiger partial charge in [-0.2, -0.15) is 0 Å². The number of nitrogens with zero attached hydrogens (tertiary/aromatic N) is 1. The number of rotatable bonds is 4. The smallest absolute Gasteiger partial charge is 0.270 e. The monoisotopic (exact) mass is 312 g/mol. The van der Waals surface area contributed by atoms with Gasteiger partial charge in [-0.05, 0) is 6.07 Å². The van der Waals surface area contributed by atoms with Crippen molar-refractivity contribution in [3.05, 3.63) is 69.8 Å². The minimum absolute atomic E-state index is 0.0739. The Hall–Kier alpha value is -3.06. The summed E-state index contributed by atoms with van der Waals surface area (Å²) in [7, 11) is 0. The molecule has 1 unspecified atom stereocenters. The van der Waals surface area contributed by atoms with Crippen LogP contribution in [0, 0.1) is 10.1 Å². The number of nitro groups is 1. The molecule has 0 spiro atoms. The van der Waals surface area contributed by atoms with Gasteiger partial charge < -0.3 is 10.4 Å². The molecule has 7 heteroatoms. The van der Waals surface area contributed by atoms with E-state index in [4.69, 9.17) is 0 Å². The molecule has 1 aliphatic heterocycles. The predicted molar refractivity (Wildman–Crippen MR) is 81.0 cm³/mol. The molecule has 1 aliphatic rings. The van der Waals surface area contributed by atoms with Gasteiger partial charge in [-0.3, -0.25) is 19.7 Å². The Bertz CT molecular complexity index is 833. The largest absolute Gasteiger partial charge is 0.375 e. The van der Waals surface area contributed by atoms with E-state index in [1.54, 1.807) is 24.3 Å². The van der Waals surface area contributed by atoms with E-state index in [1.807, 2.05) is 0 Å². The lowest BCUT2D eigenvalue weighted by Gasteiger charge is -2.19. The molecule has 7 nitrogen and oxygen atoms in total. The first-order valence-corrected chi connectivity index (χ1v) is 6.83. The Morgan fingerprint density at radius 1 is 1.22 bits per heavy atom. The first-order chi connectivity index (χ1) is 10.9. The molecule has 0 fully saturated rings. The van der Waals surface area contributed by atoms with Crippen molar-refractivity contribution in [2.24, 2.45) is 0 Å². The molecule has 2 aromatic rings. The standard InChI is InChI=1S/C16H12N2O5/c19-14(10-4-3-5-11(8-10)18(22)23)9-16(21)12-6-1-2-7-13(12)17-15(16)20/h1-8,21H,9H2,(H,17,20). The third kappa shape index (κ3) is 2.47. The molecule has 3 rings (SSSR count). The number of fused-ring (bicyclic) bond motifs is 1. The summed E-state index contributed by atoms with van der Waals surface area (Å²) in [6.07, 6.45) is -0.489. The number of ketones is 1. The second-order valence-corrected chi connectivity index (χ2v) is 5.27. The molecule has 1 atom stereocenters. The van der Waals surface area contributed by atoms with Crippen LogP contribution in [-0.4, -0.2) is 21.7 Å². The van der Waals surface area contributed by atoms with Crippen LogP contribution in [0.25, 0.3) is 0 Å². The fourth-order valence-corrected chi connectivity index (χ4v) is 2.60. The fraction of sp³-hybridized carbons (Fsp3) is 0.125. The van der Waals surface area contributed by atoms with Crippen molar-refractivity contribution in [1.29, 1.82) is 0 Å². The molecule has 0 aromatic heterocycles. The molecule has 0 saturated carbocycles. The summed E-state index contributed by atoms with van der Waals surface area (Å²) < 4.78 is 0. The molecule has 0 aliphatic carbocycles. The summed E-state index contributed by atoms with van der Waals surface area (Å²) in [5.41, 5.74) is -1.35. The number of carbonyl (C=O) groups is 2. The summed E-state index contributed by atoms with van der Waals surface area (Å²) in [5.74, 6) is -1.24. The van der Waals surface area contributed by atoms with Crippen LogP contribution >= 0.6 is 0 Å². The number of benzene rings is 2. The van der Waals surface area contributed by atoms with Crippen LogP contribution in [0.2, 0.25) is 0 Å². The number of hydrogen-bond donors (Lipinski definition) is 2. The number of Topliss-reactive ketones (excluding diaryl/α,β-unsaturated/α-hetero) is 1. The maximum absolute atomic E-state index is 12.4. The normalized spacial score (nSPS) is 19.1. The van der Waals surface area contributed by atoms with Gasteiger partial charge in [0.25, 0.3) is 11.6 Å². The zero-order valence-electron chi connectivity index (χ0n) is 11.9. The summed E-state index contributed by atoms with van der Waals surface area (Å²) in [6, 6.07) is 11.7. The van der Waals surface area contributed by atoms with E-state index in [2.05, 4.69) is 5.32 Å². The SMILES string of the molecule is O=C(CC1(O)C(=O)Nc2ccccc21)c1cccc([N+](=O)[O-])c1. The van der Waals surface area contributed by atoms with E-state index >= 15 is 0 Å². The second-order valence-electron chi connectivity index (χ2n) is 5.27. The van der Waals surface area contributed by atoms with Gasteiger partial charge in [-0.25, -0.2) is 0 Å². The first kappa shape index (κ1) is 14.9. The van der Waals surface area contributed by atoms with Crippen molar-refractivity contribution in [1.82, 2.24) is 0 Å². The van der Waals surface area contributed by atoms with Crippen molar-refractivity contribution in [2.45, 2.75) is 12.0 Å². The zero-order valence-corrected chi connectivity index (χ0v) is 11.9. The summed E-state index contributed by atoms with van der Waals surface area (Å²) in [5, 5.41) is 24.0. The predicted octanol–water partition coefficient (Wildman–Crippen LogP) is 2.01. The Morgan fingerprint density at radius 3 is 2.70 bits per heavy atom. The van der Waals surface area contributed by atoms with Gasteiger partial charge in [0, 0.05) is 28.9 Å². The van der Waals surface area contributed by atoms with Crippen molar-refractivity contribution < 1.29 is 19.6 Å². The Morgan fingerprint density at radius 2 is 1.96 bits per heavy atom. The third-order valence-electron chi connectivity index (χ3n) is 3.79. The molecule has 1 amide bonds. The van der Waals surface area contributed by atoms with Crippen molar-refractivity contribution >= 4 is 23.1 Å². The number of para-hydroxylation sites is 1. The van der Waals surface area contributed by atoms with Crippen LogP contribution in [-0.2, 0) is 10.4 Å². The Kier molecular flexibility index (Phi) is 3.42. The highest BCUT2D eigenvalue weighted by molar-refractivity contribution is 6.09. The van der Waals surface area contributed by atoms with Gasteiger partial charge in [0.1, 0.15) is 0 Å². The van der Waals surface area contributed by atoms with Crippen LogP contribution in [0.1, 0.15) is 22.3 Å². The molecule has 23 heavy (non-hydrogen) atoms. The van der Waals surface area contributed by atoms with Gasteiger partial charge in [-0.1, -0.05) is 30.3 Å². The maximum Gasteiger partial charge on any atom is 0.270 e. The lowest BCUT2D eigenvalue weighted by atomic mass is 9.88.